The maximum absolute atomic E-state index is 11.8. The van der Waals surface area contributed by atoms with Gasteiger partial charge in [-0.25, -0.2) is 9.78 Å². The molecular weight excluding hydrogens is 260 g/mol. The number of nitrogens with zero attached hydrogens (tertiary/aromatic N) is 1. The van der Waals surface area contributed by atoms with Crippen LogP contribution >= 0.6 is 0 Å². The highest BCUT2D eigenvalue weighted by Crippen LogP contribution is 2.21. The van der Waals surface area contributed by atoms with Gasteiger partial charge in [0.2, 0.25) is 5.91 Å². The van der Waals surface area contributed by atoms with E-state index >= 15 is 0 Å². The second-order valence-corrected chi connectivity index (χ2v) is 4.64. The zero-order chi connectivity index (χ0) is 15.3. The summed E-state index contributed by atoms with van der Waals surface area (Å²) in [4.78, 5) is 27.4. The molecule has 7 nitrogen and oxygen atoms in total. The van der Waals surface area contributed by atoms with E-state index in [4.69, 9.17) is 5.73 Å². The Morgan fingerprint density at radius 3 is 2.55 bits per heavy atom. The minimum Gasteiger partial charge on any atom is -0.465 e. The van der Waals surface area contributed by atoms with Gasteiger partial charge >= 0.3 is 5.97 Å². The Morgan fingerprint density at radius 2 is 2.00 bits per heavy atom. The average Bonchev–Trinajstić information content (AvgIpc) is 2.39. The fraction of sp³-hybridized carbons (Fsp3) is 0.462. The molecule has 1 unspecified atom stereocenters. The minimum absolute atomic E-state index is 0.0402. The van der Waals surface area contributed by atoms with E-state index in [0.717, 1.165) is 0 Å². The third-order valence-electron chi connectivity index (χ3n) is 2.57. The van der Waals surface area contributed by atoms with Gasteiger partial charge in [0, 0.05) is 12.2 Å². The summed E-state index contributed by atoms with van der Waals surface area (Å²) in [6, 6.07) is 0.976. The van der Waals surface area contributed by atoms with Crippen LogP contribution in [0, 0.1) is 0 Å². The molecule has 0 aliphatic heterocycles. The normalized spacial score (nSPS) is 11.8. The van der Waals surface area contributed by atoms with Crippen molar-refractivity contribution in [3.63, 3.8) is 0 Å². The first-order valence-corrected chi connectivity index (χ1v) is 6.26. The lowest BCUT2D eigenvalue weighted by molar-refractivity contribution is -0.122. The summed E-state index contributed by atoms with van der Waals surface area (Å²) in [6.07, 6.45) is 1.43. The first kappa shape index (κ1) is 15.7. The summed E-state index contributed by atoms with van der Waals surface area (Å²) in [5, 5.41) is 5.65. The van der Waals surface area contributed by atoms with E-state index in [1.54, 1.807) is 6.92 Å². The predicted octanol–water partition coefficient (Wildman–Crippen LogP) is 0.775. The molecule has 1 atom stereocenters. The lowest BCUT2D eigenvalue weighted by atomic mass is 10.2. The van der Waals surface area contributed by atoms with Crippen molar-refractivity contribution in [1.82, 2.24) is 10.3 Å². The van der Waals surface area contributed by atoms with Crippen molar-refractivity contribution >= 4 is 23.4 Å². The molecule has 0 fully saturated rings. The second kappa shape index (κ2) is 6.74. The molecule has 0 aliphatic rings. The largest absolute Gasteiger partial charge is 0.465 e. The van der Waals surface area contributed by atoms with E-state index < -0.39 is 12.0 Å². The van der Waals surface area contributed by atoms with Gasteiger partial charge in [0.1, 0.15) is 6.04 Å². The van der Waals surface area contributed by atoms with Crippen LogP contribution in [0.1, 0.15) is 31.1 Å². The van der Waals surface area contributed by atoms with Crippen molar-refractivity contribution in [1.29, 1.82) is 0 Å². The molecule has 1 rings (SSSR count). The monoisotopic (exact) mass is 280 g/mol. The summed E-state index contributed by atoms with van der Waals surface area (Å²) < 4.78 is 4.62. The lowest BCUT2D eigenvalue weighted by Gasteiger charge is -2.18. The Labute approximate surface area is 117 Å². The molecule has 0 spiro atoms. The van der Waals surface area contributed by atoms with Crippen molar-refractivity contribution in [2.24, 2.45) is 0 Å². The first-order chi connectivity index (χ1) is 9.36. The Morgan fingerprint density at radius 1 is 1.35 bits per heavy atom. The molecule has 1 heterocycles. The van der Waals surface area contributed by atoms with Crippen molar-refractivity contribution < 1.29 is 14.3 Å². The number of amides is 1. The molecule has 0 saturated heterocycles. The summed E-state index contributed by atoms with van der Waals surface area (Å²) in [7, 11) is 1.27. The number of esters is 1. The van der Waals surface area contributed by atoms with E-state index in [9.17, 15) is 9.59 Å². The molecule has 0 aromatic carbocycles. The zero-order valence-electron chi connectivity index (χ0n) is 12.1. The van der Waals surface area contributed by atoms with Gasteiger partial charge in [0.15, 0.2) is 5.82 Å². The van der Waals surface area contributed by atoms with Gasteiger partial charge in [-0.05, 0) is 26.8 Å². The van der Waals surface area contributed by atoms with E-state index in [0.29, 0.717) is 0 Å². The number of methoxy groups -OCH3 is 1. The molecule has 110 valence electrons. The zero-order valence-corrected chi connectivity index (χ0v) is 12.1. The molecular formula is C13H20N4O3. The molecule has 1 amide bonds. The fourth-order valence-electron chi connectivity index (χ4n) is 1.56. The van der Waals surface area contributed by atoms with Crippen LogP contribution in [0.25, 0.3) is 0 Å². The number of hydrogen-bond acceptors (Lipinski definition) is 6. The lowest BCUT2D eigenvalue weighted by Crippen LogP contribution is -2.41. The molecule has 20 heavy (non-hydrogen) atoms. The molecule has 4 N–H and O–H groups in total. The van der Waals surface area contributed by atoms with Gasteiger partial charge < -0.3 is 21.1 Å². The highest BCUT2D eigenvalue weighted by atomic mass is 16.5. The third-order valence-corrected chi connectivity index (χ3v) is 2.57. The van der Waals surface area contributed by atoms with Crippen molar-refractivity contribution in [3.05, 3.63) is 17.8 Å². The van der Waals surface area contributed by atoms with E-state index in [2.05, 4.69) is 20.4 Å². The summed E-state index contributed by atoms with van der Waals surface area (Å²) in [5.74, 6) is -0.448. The molecule has 7 heteroatoms. The fourth-order valence-corrected chi connectivity index (χ4v) is 1.56. The number of carbonyl (C=O) groups excluding carboxylic acids is 2. The van der Waals surface area contributed by atoms with Crippen LogP contribution in [0.2, 0.25) is 0 Å². The molecule has 0 bridgehead atoms. The summed E-state index contributed by atoms with van der Waals surface area (Å²) in [5.41, 5.74) is 6.22. The number of nitrogen functional groups attached to an aromatic ring is 1. The number of nitrogens with one attached hydrogen (secondary N) is 2. The number of ether oxygens (including phenoxy) is 1. The van der Waals surface area contributed by atoms with Crippen LogP contribution in [-0.2, 0) is 9.53 Å². The number of carbonyl (C=O) groups is 2. The Balaban J connectivity index is 2.88. The van der Waals surface area contributed by atoms with Gasteiger partial charge in [0.25, 0.3) is 0 Å². The third kappa shape index (κ3) is 3.84. The van der Waals surface area contributed by atoms with Crippen LogP contribution < -0.4 is 16.4 Å². The summed E-state index contributed by atoms with van der Waals surface area (Å²) in [6.45, 7) is 5.42. The quantitative estimate of drug-likeness (QED) is 0.688. The average molecular weight is 280 g/mol. The van der Waals surface area contributed by atoms with Crippen LogP contribution in [-0.4, -0.2) is 36.1 Å². The Hall–Kier alpha value is -2.31. The van der Waals surface area contributed by atoms with E-state index in [1.165, 1.54) is 19.4 Å². The van der Waals surface area contributed by atoms with Crippen LogP contribution in [0.15, 0.2) is 12.3 Å². The molecule has 0 radical (unpaired) electrons. The maximum Gasteiger partial charge on any atom is 0.340 e. The predicted molar refractivity (Wildman–Crippen MR) is 76.4 cm³/mol. The van der Waals surface area contributed by atoms with Crippen LogP contribution in [0.4, 0.5) is 11.5 Å². The first-order valence-electron chi connectivity index (χ1n) is 6.26. The number of pyridine rings is 1. The molecule has 1 aromatic rings. The van der Waals surface area contributed by atoms with Gasteiger partial charge in [-0.2, -0.15) is 0 Å². The number of hydrogen-bond donors (Lipinski definition) is 3. The standard InChI is InChI=1S/C13H20N4O3/c1-7(2)16-12(18)8(3)17-11-10(14)9(5-6-15-11)13(19)20-4/h5-8H,14H2,1-4H3,(H,15,17)(H,16,18). The molecule has 0 saturated carbocycles. The van der Waals surface area contributed by atoms with Gasteiger partial charge in [-0.3, -0.25) is 4.79 Å². The minimum atomic E-state index is -0.549. The van der Waals surface area contributed by atoms with Crippen molar-refractivity contribution in [2.45, 2.75) is 32.9 Å². The van der Waals surface area contributed by atoms with E-state index in [1.807, 2.05) is 13.8 Å². The van der Waals surface area contributed by atoms with Crippen LogP contribution in [0.5, 0.6) is 0 Å². The number of anilines is 2. The number of nitrogens with two attached hydrogens (primary N) is 1. The van der Waals surface area contributed by atoms with Crippen molar-refractivity contribution in [3.8, 4) is 0 Å². The van der Waals surface area contributed by atoms with E-state index in [-0.39, 0.29) is 29.0 Å². The molecule has 1 aromatic heterocycles. The van der Waals surface area contributed by atoms with Crippen LogP contribution in [0.3, 0.4) is 0 Å². The smallest absolute Gasteiger partial charge is 0.340 e. The van der Waals surface area contributed by atoms with Gasteiger partial charge in [-0.1, -0.05) is 0 Å². The summed E-state index contributed by atoms with van der Waals surface area (Å²) >= 11 is 0. The SMILES string of the molecule is COC(=O)c1ccnc(NC(C)C(=O)NC(C)C)c1N. The highest BCUT2D eigenvalue weighted by molar-refractivity contribution is 5.98. The maximum atomic E-state index is 11.8. The van der Waals surface area contributed by atoms with Gasteiger partial charge in [-0.15, -0.1) is 0 Å². The molecule has 0 aliphatic carbocycles. The topological polar surface area (TPSA) is 106 Å². The number of aromatic nitrogens is 1. The Bertz CT molecular complexity index is 502. The highest BCUT2D eigenvalue weighted by Gasteiger charge is 2.18. The number of rotatable bonds is 5. The van der Waals surface area contributed by atoms with Gasteiger partial charge in [0.05, 0.1) is 18.4 Å². The second-order valence-electron chi connectivity index (χ2n) is 4.64. The van der Waals surface area contributed by atoms with Crippen molar-refractivity contribution in [2.75, 3.05) is 18.2 Å². The Kier molecular flexibility index (Phi) is 5.31.